The summed E-state index contributed by atoms with van der Waals surface area (Å²) in [6.45, 7) is 6.30. The maximum absolute atomic E-state index is 6.10. The fourth-order valence-corrected chi connectivity index (χ4v) is 2.77. The number of rotatable bonds is 5. The van der Waals surface area contributed by atoms with Gasteiger partial charge >= 0.3 is 0 Å². The van der Waals surface area contributed by atoms with Crippen molar-refractivity contribution >= 4 is 0 Å². The van der Waals surface area contributed by atoms with E-state index in [0.29, 0.717) is 0 Å². The van der Waals surface area contributed by atoms with Crippen LogP contribution in [-0.2, 0) is 11.8 Å². The van der Waals surface area contributed by atoms with Gasteiger partial charge in [-0.25, -0.2) is 0 Å². The van der Waals surface area contributed by atoms with Crippen LogP contribution in [0.4, 0.5) is 0 Å². The van der Waals surface area contributed by atoms with Crippen molar-refractivity contribution in [3.63, 3.8) is 0 Å². The minimum Gasteiger partial charge on any atom is -0.373 e. The molecule has 0 aromatic carbocycles. The van der Waals surface area contributed by atoms with E-state index in [9.17, 15) is 0 Å². The molecule has 2 rings (SSSR count). The Bertz CT molecular complexity index is 369. The van der Waals surface area contributed by atoms with Crippen LogP contribution in [0.25, 0.3) is 0 Å². The molecule has 102 valence electrons. The molecule has 1 aliphatic heterocycles. The zero-order valence-electron chi connectivity index (χ0n) is 11.8. The molecule has 4 nitrogen and oxygen atoms in total. The van der Waals surface area contributed by atoms with Gasteiger partial charge in [0.2, 0.25) is 0 Å². The molecule has 18 heavy (non-hydrogen) atoms. The lowest BCUT2D eigenvalue weighted by Gasteiger charge is -2.41. The van der Waals surface area contributed by atoms with E-state index in [1.807, 2.05) is 17.9 Å². The SMILES string of the molecule is CCCNC(c1ccnn1C)C1(C)CCCCO1. The van der Waals surface area contributed by atoms with Crippen LogP contribution >= 0.6 is 0 Å². The summed E-state index contributed by atoms with van der Waals surface area (Å²) in [6.07, 6.45) is 6.53. The highest BCUT2D eigenvalue weighted by Crippen LogP contribution is 2.36. The molecule has 2 heterocycles. The van der Waals surface area contributed by atoms with E-state index in [0.717, 1.165) is 26.0 Å². The van der Waals surface area contributed by atoms with Gasteiger partial charge in [-0.2, -0.15) is 5.10 Å². The Labute approximate surface area is 110 Å². The first-order valence-corrected chi connectivity index (χ1v) is 7.02. The summed E-state index contributed by atoms with van der Waals surface area (Å²) < 4.78 is 8.05. The van der Waals surface area contributed by atoms with Crippen LogP contribution < -0.4 is 5.32 Å². The second kappa shape index (κ2) is 5.85. The third kappa shape index (κ3) is 2.75. The number of hydrogen-bond donors (Lipinski definition) is 1. The molecule has 4 heteroatoms. The summed E-state index contributed by atoms with van der Waals surface area (Å²) in [7, 11) is 2.00. The van der Waals surface area contributed by atoms with Gasteiger partial charge in [-0.05, 0) is 45.2 Å². The molecule has 0 amide bonds. The molecule has 0 saturated carbocycles. The molecule has 1 aliphatic rings. The van der Waals surface area contributed by atoms with Crippen molar-refractivity contribution in [1.29, 1.82) is 0 Å². The average molecular weight is 251 g/mol. The highest BCUT2D eigenvalue weighted by atomic mass is 16.5. The number of aromatic nitrogens is 2. The van der Waals surface area contributed by atoms with Crippen molar-refractivity contribution in [1.82, 2.24) is 15.1 Å². The predicted molar refractivity (Wildman–Crippen MR) is 72.5 cm³/mol. The van der Waals surface area contributed by atoms with E-state index in [1.165, 1.54) is 18.5 Å². The molecule has 1 aromatic heterocycles. The molecule has 1 N–H and O–H groups in total. The van der Waals surface area contributed by atoms with E-state index in [1.54, 1.807) is 0 Å². The van der Waals surface area contributed by atoms with Crippen molar-refractivity contribution in [2.45, 2.75) is 51.2 Å². The van der Waals surface area contributed by atoms with Gasteiger partial charge in [0.25, 0.3) is 0 Å². The standard InChI is InChI=1S/C14H25N3O/c1-4-9-15-13(12-7-10-16-17(12)3)14(2)8-5-6-11-18-14/h7,10,13,15H,4-6,8-9,11H2,1-3H3. The molecule has 0 spiro atoms. The van der Waals surface area contributed by atoms with Crippen molar-refractivity contribution < 1.29 is 4.74 Å². The fourth-order valence-electron chi connectivity index (χ4n) is 2.77. The number of nitrogens with zero attached hydrogens (tertiary/aromatic N) is 2. The van der Waals surface area contributed by atoms with Crippen LogP contribution in [0.2, 0.25) is 0 Å². The monoisotopic (exact) mass is 251 g/mol. The highest BCUT2D eigenvalue weighted by molar-refractivity contribution is 5.13. The predicted octanol–water partition coefficient (Wildman–Crippen LogP) is 2.42. The fraction of sp³-hybridized carbons (Fsp3) is 0.786. The van der Waals surface area contributed by atoms with Crippen LogP contribution in [-0.4, -0.2) is 28.5 Å². The van der Waals surface area contributed by atoms with Gasteiger partial charge in [-0.3, -0.25) is 4.68 Å². The maximum atomic E-state index is 6.10. The minimum absolute atomic E-state index is 0.110. The lowest BCUT2D eigenvalue weighted by molar-refractivity contribution is -0.0912. The minimum atomic E-state index is -0.110. The van der Waals surface area contributed by atoms with Gasteiger partial charge in [0.05, 0.1) is 17.3 Å². The van der Waals surface area contributed by atoms with Gasteiger partial charge in [0.1, 0.15) is 0 Å². The van der Waals surface area contributed by atoms with E-state index < -0.39 is 0 Å². The van der Waals surface area contributed by atoms with Crippen molar-refractivity contribution in [3.8, 4) is 0 Å². The van der Waals surface area contributed by atoms with Crippen LogP contribution in [0.1, 0.15) is 51.3 Å². The Hall–Kier alpha value is -0.870. The highest BCUT2D eigenvalue weighted by Gasteiger charge is 2.38. The molecule has 1 saturated heterocycles. The summed E-state index contributed by atoms with van der Waals surface area (Å²) in [6, 6.07) is 2.32. The van der Waals surface area contributed by atoms with E-state index in [4.69, 9.17) is 4.74 Å². The maximum Gasteiger partial charge on any atom is 0.0863 e. The van der Waals surface area contributed by atoms with E-state index >= 15 is 0 Å². The summed E-state index contributed by atoms with van der Waals surface area (Å²) in [5.74, 6) is 0. The summed E-state index contributed by atoms with van der Waals surface area (Å²) >= 11 is 0. The van der Waals surface area contributed by atoms with E-state index in [-0.39, 0.29) is 11.6 Å². The van der Waals surface area contributed by atoms with Gasteiger partial charge < -0.3 is 10.1 Å². The molecular formula is C14H25N3O. The van der Waals surface area contributed by atoms with E-state index in [2.05, 4.69) is 30.3 Å². The van der Waals surface area contributed by atoms with Crippen molar-refractivity contribution in [3.05, 3.63) is 18.0 Å². The van der Waals surface area contributed by atoms with Gasteiger partial charge in [-0.1, -0.05) is 6.92 Å². The Morgan fingerprint density at radius 1 is 1.56 bits per heavy atom. The second-order valence-electron chi connectivity index (χ2n) is 5.39. The van der Waals surface area contributed by atoms with Gasteiger partial charge in [-0.15, -0.1) is 0 Å². The zero-order chi connectivity index (χ0) is 13.0. The Kier molecular flexibility index (Phi) is 4.40. The van der Waals surface area contributed by atoms with Crippen molar-refractivity contribution in [2.75, 3.05) is 13.2 Å². The van der Waals surface area contributed by atoms with Crippen LogP contribution in [0.3, 0.4) is 0 Å². The molecule has 0 radical (unpaired) electrons. The second-order valence-corrected chi connectivity index (χ2v) is 5.39. The largest absolute Gasteiger partial charge is 0.373 e. The van der Waals surface area contributed by atoms with Crippen LogP contribution in [0, 0.1) is 0 Å². The third-order valence-corrected chi connectivity index (χ3v) is 3.86. The Morgan fingerprint density at radius 2 is 2.39 bits per heavy atom. The molecule has 1 fully saturated rings. The molecule has 0 aliphatic carbocycles. The van der Waals surface area contributed by atoms with Gasteiger partial charge in [0, 0.05) is 19.9 Å². The Balaban J connectivity index is 2.21. The average Bonchev–Trinajstić information content (AvgIpc) is 2.77. The van der Waals surface area contributed by atoms with Crippen LogP contribution in [0.15, 0.2) is 12.3 Å². The number of ether oxygens (including phenoxy) is 1. The van der Waals surface area contributed by atoms with Crippen molar-refractivity contribution in [2.24, 2.45) is 7.05 Å². The lowest BCUT2D eigenvalue weighted by atomic mass is 9.86. The first-order valence-electron chi connectivity index (χ1n) is 7.02. The molecule has 0 bridgehead atoms. The first-order chi connectivity index (χ1) is 8.67. The zero-order valence-corrected chi connectivity index (χ0v) is 11.8. The first kappa shape index (κ1) is 13.6. The number of nitrogens with one attached hydrogen (secondary N) is 1. The normalized spacial score (nSPS) is 26.2. The quantitative estimate of drug-likeness (QED) is 0.873. The summed E-state index contributed by atoms with van der Waals surface area (Å²) in [5, 5.41) is 7.93. The molecular weight excluding hydrogens is 226 g/mol. The summed E-state index contributed by atoms with van der Waals surface area (Å²) in [4.78, 5) is 0. The van der Waals surface area contributed by atoms with Crippen LogP contribution in [0.5, 0.6) is 0 Å². The molecule has 1 aromatic rings. The Morgan fingerprint density at radius 3 is 2.94 bits per heavy atom. The topological polar surface area (TPSA) is 39.1 Å². The molecule has 2 atom stereocenters. The smallest absolute Gasteiger partial charge is 0.0863 e. The van der Waals surface area contributed by atoms with Gasteiger partial charge in [0.15, 0.2) is 0 Å². The molecule has 2 unspecified atom stereocenters. The number of hydrogen-bond acceptors (Lipinski definition) is 3. The lowest BCUT2D eigenvalue weighted by Crippen LogP contribution is -2.46. The summed E-state index contributed by atoms with van der Waals surface area (Å²) in [5.41, 5.74) is 1.11. The number of aryl methyl sites for hydroxylation is 1. The third-order valence-electron chi connectivity index (χ3n) is 3.86.